The van der Waals surface area contributed by atoms with Crippen molar-refractivity contribution in [2.45, 2.75) is 39.2 Å². The van der Waals surface area contributed by atoms with Crippen LogP contribution in [0.3, 0.4) is 0 Å². The Labute approximate surface area is 108 Å². The topological polar surface area (TPSA) is 81.8 Å². The molecule has 0 aromatic carbocycles. The van der Waals surface area contributed by atoms with E-state index in [-0.39, 0.29) is 5.69 Å². The summed E-state index contributed by atoms with van der Waals surface area (Å²) < 4.78 is 0. The molecule has 0 aliphatic carbocycles. The SMILES string of the molecule is CC(C)CCC(C)(O)CNc1nccnc1C#N. The number of rotatable bonds is 6. The van der Waals surface area contributed by atoms with Gasteiger partial charge in [-0.3, -0.25) is 0 Å². The third-order valence-electron chi connectivity index (χ3n) is 2.70. The van der Waals surface area contributed by atoms with Crippen LogP contribution >= 0.6 is 0 Å². The van der Waals surface area contributed by atoms with Gasteiger partial charge >= 0.3 is 0 Å². The molecule has 5 nitrogen and oxygen atoms in total. The summed E-state index contributed by atoms with van der Waals surface area (Å²) in [6.45, 7) is 6.39. The van der Waals surface area contributed by atoms with Gasteiger partial charge in [-0.15, -0.1) is 0 Å². The molecule has 1 aromatic heterocycles. The lowest BCUT2D eigenvalue weighted by Crippen LogP contribution is -2.34. The molecule has 1 unspecified atom stereocenters. The molecule has 0 radical (unpaired) electrons. The average Bonchev–Trinajstić information content (AvgIpc) is 2.34. The summed E-state index contributed by atoms with van der Waals surface area (Å²) in [5, 5.41) is 22.0. The Morgan fingerprint density at radius 1 is 1.44 bits per heavy atom. The summed E-state index contributed by atoms with van der Waals surface area (Å²) >= 11 is 0. The van der Waals surface area contributed by atoms with Crippen molar-refractivity contribution in [3.63, 3.8) is 0 Å². The Balaban J connectivity index is 2.56. The fourth-order valence-electron chi connectivity index (χ4n) is 1.51. The highest BCUT2D eigenvalue weighted by Crippen LogP contribution is 2.17. The van der Waals surface area contributed by atoms with Crippen LogP contribution in [0.25, 0.3) is 0 Å². The maximum Gasteiger partial charge on any atom is 0.182 e. The lowest BCUT2D eigenvalue weighted by atomic mass is 9.95. The summed E-state index contributed by atoms with van der Waals surface area (Å²) in [5.41, 5.74) is -0.564. The van der Waals surface area contributed by atoms with Gasteiger partial charge in [0.05, 0.1) is 5.60 Å². The summed E-state index contributed by atoms with van der Waals surface area (Å²) in [6.07, 6.45) is 4.66. The molecular formula is C13H20N4O. The van der Waals surface area contributed by atoms with Crippen molar-refractivity contribution in [3.05, 3.63) is 18.1 Å². The maximum atomic E-state index is 10.2. The van der Waals surface area contributed by atoms with Crippen LogP contribution in [0, 0.1) is 17.2 Å². The first kappa shape index (κ1) is 14.4. The summed E-state index contributed by atoms with van der Waals surface area (Å²) in [4.78, 5) is 7.94. The van der Waals surface area contributed by atoms with Crippen molar-refractivity contribution in [1.82, 2.24) is 9.97 Å². The van der Waals surface area contributed by atoms with Gasteiger partial charge in [0.1, 0.15) is 6.07 Å². The number of nitrogens with zero attached hydrogens (tertiary/aromatic N) is 3. The van der Waals surface area contributed by atoms with E-state index in [9.17, 15) is 5.11 Å². The zero-order valence-electron chi connectivity index (χ0n) is 11.1. The summed E-state index contributed by atoms with van der Waals surface area (Å²) in [6, 6.07) is 1.96. The van der Waals surface area contributed by atoms with Gasteiger partial charge in [-0.05, 0) is 25.7 Å². The first-order valence-electron chi connectivity index (χ1n) is 6.12. The van der Waals surface area contributed by atoms with Crippen LogP contribution in [-0.2, 0) is 0 Å². The molecule has 0 saturated heterocycles. The largest absolute Gasteiger partial charge is 0.388 e. The quantitative estimate of drug-likeness (QED) is 0.804. The van der Waals surface area contributed by atoms with Crippen LogP contribution in [0.5, 0.6) is 0 Å². The lowest BCUT2D eigenvalue weighted by molar-refractivity contribution is 0.0585. The Bertz CT molecular complexity index is 423. The zero-order chi connectivity index (χ0) is 13.6. The van der Waals surface area contributed by atoms with Gasteiger partial charge < -0.3 is 10.4 Å². The minimum absolute atomic E-state index is 0.247. The highest BCUT2D eigenvalue weighted by molar-refractivity contribution is 5.46. The van der Waals surface area contributed by atoms with Crippen LogP contribution in [0.15, 0.2) is 12.4 Å². The van der Waals surface area contributed by atoms with Crippen molar-refractivity contribution >= 4 is 5.82 Å². The van der Waals surface area contributed by atoms with Crippen LogP contribution in [0.4, 0.5) is 5.82 Å². The lowest BCUT2D eigenvalue weighted by Gasteiger charge is -2.24. The predicted octanol–water partition coefficient (Wildman–Crippen LogP) is 1.95. The molecule has 1 rings (SSSR count). The molecule has 1 aromatic rings. The van der Waals surface area contributed by atoms with Crippen LogP contribution in [-0.4, -0.2) is 27.2 Å². The Hall–Kier alpha value is -1.67. The Morgan fingerprint density at radius 3 is 2.72 bits per heavy atom. The highest BCUT2D eigenvalue weighted by Gasteiger charge is 2.21. The van der Waals surface area contributed by atoms with E-state index in [2.05, 4.69) is 29.1 Å². The van der Waals surface area contributed by atoms with E-state index in [0.29, 0.717) is 24.7 Å². The fraction of sp³-hybridized carbons (Fsp3) is 0.615. The first-order chi connectivity index (χ1) is 8.44. The Kier molecular flexibility index (Phi) is 5.05. The smallest absolute Gasteiger partial charge is 0.182 e. The van der Waals surface area contributed by atoms with Crippen LogP contribution in [0.2, 0.25) is 0 Å². The highest BCUT2D eigenvalue weighted by atomic mass is 16.3. The number of aliphatic hydroxyl groups is 1. The molecule has 1 heterocycles. The molecule has 0 aliphatic heterocycles. The average molecular weight is 248 g/mol. The van der Waals surface area contributed by atoms with E-state index in [0.717, 1.165) is 6.42 Å². The number of hydrogen-bond donors (Lipinski definition) is 2. The van der Waals surface area contributed by atoms with Gasteiger partial charge in [0.15, 0.2) is 11.5 Å². The summed E-state index contributed by atoms with van der Waals surface area (Å²) in [7, 11) is 0. The molecule has 0 aliphatic rings. The van der Waals surface area contributed by atoms with Gasteiger partial charge in [-0.2, -0.15) is 5.26 Å². The standard InChI is InChI=1S/C13H20N4O/c1-10(2)4-5-13(3,18)9-17-12-11(8-14)15-6-7-16-12/h6-7,10,18H,4-5,9H2,1-3H3,(H,16,17). The monoisotopic (exact) mass is 248 g/mol. The first-order valence-corrected chi connectivity index (χ1v) is 6.12. The molecule has 0 bridgehead atoms. The van der Waals surface area contributed by atoms with Crippen molar-refractivity contribution in [3.8, 4) is 6.07 Å². The second kappa shape index (κ2) is 6.31. The Morgan fingerprint density at radius 2 is 2.11 bits per heavy atom. The molecule has 1 atom stereocenters. The minimum atomic E-state index is -0.811. The number of hydrogen-bond acceptors (Lipinski definition) is 5. The van der Waals surface area contributed by atoms with Gasteiger partial charge in [0.2, 0.25) is 0 Å². The van der Waals surface area contributed by atoms with E-state index in [1.165, 1.54) is 12.4 Å². The van der Waals surface area contributed by atoms with Gasteiger partial charge in [-0.25, -0.2) is 9.97 Å². The molecule has 0 spiro atoms. The van der Waals surface area contributed by atoms with Crippen LogP contribution < -0.4 is 5.32 Å². The molecule has 18 heavy (non-hydrogen) atoms. The van der Waals surface area contributed by atoms with Crippen molar-refractivity contribution in [2.24, 2.45) is 5.92 Å². The van der Waals surface area contributed by atoms with E-state index in [1.54, 1.807) is 6.92 Å². The van der Waals surface area contributed by atoms with E-state index >= 15 is 0 Å². The normalized spacial score (nSPS) is 14.0. The molecule has 0 fully saturated rings. The minimum Gasteiger partial charge on any atom is -0.388 e. The fourth-order valence-corrected chi connectivity index (χ4v) is 1.51. The van der Waals surface area contributed by atoms with Crippen molar-refractivity contribution in [1.29, 1.82) is 5.26 Å². The zero-order valence-corrected chi connectivity index (χ0v) is 11.1. The third kappa shape index (κ3) is 4.68. The summed E-state index contributed by atoms with van der Waals surface area (Å²) in [5.74, 6) is 0.979. The van der Waals surface area contributed by atoms with E-state index in [1.807, 2.05) is 6.07 Å². The number of nitriles is 1. The molecule has 98 valence electrons. The number of nitrogens with one attached hydrogen (secondary N) is 1. The van der Waals surface area contributed by atoms with Crippen molar-refractivity contribution in [2.75, 3.05) is 11.9 Å². The second-order valence-corrected chi connectivity index (χ2v) is 5.15. The number of anilines is 1. The van der Waals surface area contributed by atoms with Crippen LogP contribution in [0.1, 0.15) is 39.3 Å². The molecule has 0 amide bonds. The third-order valence-corrected chi connectivity index (χ3v) is 2.70. The molecule has 2 N–H and O–H groups in total. The van der Waals surface area contributed by atoms with E-state index in [4.69, 9.17) is 5.26 Å². The molecule has 0 saturated carbocycles. The predicted molar refractivity (Wildman–Crippen MR) is 69.9 cm³/mol. The molecule has 5 heteroatoms. The van der Waals surface area contributed by atoms with Gasteiger partial charge in [0.25, 0.3) is 0 Å². The molecular weight excluding hydrogens is 228 g/mol. The van der Waals surface area contributed by atoms with Gasteiger partial charge in [-0.1, -0.05) is 13.8 Å². The second-order valence-electron chi connectivity index (χ2n) is 5.15. The van der Waals surface area contributed by atoms with Crippen molar-refractivity contribution < 1.29 is 5.11 Å². The maximum absolute atomic E-state index is 10.2. The van der Waals surface area contributed by atoms with E-state index < -0.39 is 5.60 Å². The number of aromatic nitrogens is 2. The van der Waals surface area contributed by atoms with Gasteiger partial charge in [0, 0.05) is 18.9 Å².